The third-order valence-electron chi connectivity index (χ3n) is 6.35. The lowest BCUT2D eigenvalue weighted by Gasteiger charge is -2.27. The highest BCUT2D eigenvalue weighted by Gasteiger charge is 2.30. The Morgan fingerprint density at radius 3 is 2.43 bits per heavy atom. The highest BCUT2D eigenvalue weighted by molar-refractivity contribution is 5.83. The van der Waals surface area contributed by atoms with Crippen molar-refractivity contribution in [3.8, 4) is 5.75 Å². The van der Waals surface area contributed by atoms with Crippen LogP contribution in [0, 0.1) is 0 Å². The van der Waals surface area contributed by atoms with Crippen molar-refractivity contribution in [3.63, 3.8) is 0 Å². The minimum atomic E-state index is -4.36. The quantitative estimate of drug-likeness (QED) is 0.428. The topological polar surface area (TPSA) is 50.4 Å². The Morgan fingerprint density at radius 1 is 1.00 bits per heavy atom. The minimum absolute atomic E-state index is 0.156. The molecule has 3 aromatic rings. The summed E-state index contributed by atoms with van der Waals surface area (Å²) in [7, 11) is 1.60. The SMILES string of the molecule is CNC(=O)C(NC(CCc1ccc(C(F)(F)F)cc1)c1ccc2c(c1)CCCO2)c1ccccc1. The summed E-state index contributed by atoms with van der Waals surface area (Å²) in [5.74, 6) is 0.726. The highest BCUT2D eigenvalue weighted by Crippen LogP contribution is 2.32. The predicted octanol–water partition coefficient (Wildman–Crippen LogP) is 5.78. The Morgan fingerprint density at radius 2 is 1.74 bits per heavy atom. The van der Waals surface area contributed by atoms with Gasteiger partial charge in [0.25, 0.3) is 0 Å². The van der Waals surface area contributed by atoms with Crippen molar-refractivity contribution in [2.24, 2.45) is 0 Å². The van der Waals surface area contributed by atoms with E-state index in [1.54, 1.807) is 7.05 Å². The zero-order chi connectivity index (χ0) is 24.8. The van der Waals surface area contributed by atoms with E-state index < -0.39 is 17.8 Å². The van der Waals surface area contributed by atoms with Crippen LogP contribution >= 0.6 is 0 Å². The molecule has 35 heavy (non-hydrogen) atoms. The van der Waals surface area contributed by atoms with Crippen molar-refractivity contribution in [2.45, 2.75) is 43.9 Å². The number of benzene rings is 3. The molecular formula is C28H29F3N2O2. The molecule has 0 aliphatic carbocycles. The highest BCUT2D eigenvalue weighted by atomic mass is 19.4. The molecule has 0 fully saturated rings. The summed E-state index contributed by atoms with van der Waals surface area (Å²) in [4.78, 5) is 12.8. The zero-order valence-corrected chi connectivity index (χ0v) is 19.6. The van der Waals surface area contributed by atoms with E-state index in [0.29, 0.717) is 19.4 Å². The lowest BCUT2D eigenvalue weighted by Crippen LogP contribution is -2.38. The molecule has 3 aromatic carbocycles. The molecular weight excluding hydrogens is 453 g/mol. The Balaban J connectivity index is 1.60. The molecule has 4 rings (SSSR count). The summed E-state index contributed by atoms with van der Waals surface area (Å²) in [6.45, 7) is 0.703. The van der Waals surface area contributed by atoms with Crippen LogP contribution in [0.1, 0.15) is 52.7 Å². The van der Waals surface area contributed by atoms with Gasteiger partial charge in [-0.3, -0.25) is 10.1 Å². The molecule has 0 bridgehead atoms. The van der Waals surface area contributed by atoms with Crippen LogP contribution in [0.4, 0.5) is 13.2 Å². The number of halogens is 3. The molecule has 0 aromatic heterocycles. The van der Waals surface area contributed by atoms with Gasteiger partial charge in [-0.15, -0.1) is 0 Å². The molecule has 4 nitrogen and oxygen atoms in total. The molecule has 2 unspecified atom stereocenters. The summed E-state index contributed by atoms with van der Waals surface area (Å²) in [6.07, 6.45) is -1.33. The first-order valence-corrected chi connectivity index (χ1v) is 11.8. The van der Waals surface area contributed by atoms with Crippen molar-refractivity contribution < 1.29 is 22.7 Å². The van der Waals surface area contributed by atoms with Crippen LogP contribution in [0.25, 0.3) is 0 Å². The number of hydrogen-bond acceptors (Lipinski definition) is 3. The van der Waals surface area contributed by atoms with E-state index in [-0.39, 0.29) is 11.9 Å². The number of carbonyl (C=O) groups excluding carboxylic acids is 1. The van der Waals surface area contributed by atoms with Gasteiger partial charge in [0, 0.05) is 13.1 Å². The number of likely N-dealkylation sites (N-methyl/N-ethyl adjacent to an activating group) is 1. The molecule has 2 N–H and O–H groups in total. The summed E-state index contributed by atoms with van der Waals surface area (Å²) in [5, 5.41) is 6.25. The van der Waals surface area contributed by atoms with Crippen molar-refractivity contribution in [1.29, 1.82) is 0 Å². The Kier molecular flexibility index (Phi) is 7.76. The van der Waals surface area contributed by atoms with Crippen LogP contribution in [-0.4, -0.2) is 19.6 Å². The number of carbonyl (C=O) groups is 1. The number of fused-ring (bicyclic) bond motifs is 1. The molecule has 7 heteroatoms. The molecule has 0 radical (unpaired) electrons. The lowest BCUT2D eigenvalue weighted by atomic mass is 9.93. The fraction of sp³-hybridized carbons (Fsp3) is 0.321. The van der Waals surface area contributed by atoms with Gasteiger partial charge in [-0.25, -0.2) is 0 Å². The third kappa shape index (κ3) is 6.22. The average molecular weight is 483 g/mol. The summed E-state index contributed by atoms with van der Waals surface area (Å²) in [5.41, 5.74) is 3.14. The molecule has 1 aliphatic rings. The van der Waals surface area contributed by atoms with E-state index in [1.165, 1.54) is 12.1 Å². The number of alkyl halides is 3. The van der Waals surface area contributed by atoms with Crippen LogP contribution < -0.4 is 15.4 Å². The number of ether oxygens (including phenoxy) is 1. The number of aryl methyl sites for hydroxylation is 2. The van der Waals surface area contributed by atoms with Crippen LogP contribution in [0.15, 0.2) is 72.8 Å². The second-order valence-electron chi connectivity index (χ2n) is 8.73. The van der Waals surface area contributed by atoms with Crippen LogP contribution in [0.3, 0.4) is 0 Å². The van der Waals surface area contributed by atoms with E-state index >= 15 is 0 Å². The fourth-order valence-corrected chi connectivity index (χ4v) is 4.43. The molecule has 2 atom stereocenters. The van der Waals surface area contributed by atoms with Crippen molar-refractivity contribution in [2.75, 3.05) is 13.7 Å². The molecule has 0 spiro atoms. The summed E-state index contributed by atoms with van der Waals surface area (Å²) < 4.78 is 44.6. The van der Waals surface area contributed by atoms with Crippen molar-refractivity contribution >= 4 is 5.91 Å². The molecule has 184 valence electrons. The Hall–Kier alpha value is -3.32. The van der Waals surface area contributed by atoms with E-state index in [4.69, 9.17) is 4.74 Å². The van der Waals surface area contributed by atoms with E-state index in [0.717, 1.165) is 53.0 Å². The van der Waals surface area contributed by atoms with E-state index in [9.17, 15) is 18.0 Å². The number of rotatable bonds is 8. The Bertz CT molecular complexity index is 1130. The smallest absolute Gasteiger partial charge is 0.416 e. The number of nitrogens with one attached hydrogen (secondary N) is 2. The molecule has 1 aliphatic heterocycles. The maximum absolute atomic E-state index is 12.9. The van der Waals surface area contributed by atoms with Gasteiger partial charge < -0.3 is 10.1 Å². The molecule has 1 amide bonds. The van der Waals surface area contributed by atoms with Gasteiger partial charge in [0.05, 0.1) is 12.2 Å². The third-order valence-corrected chi connectivity index (χ3v) is 6.35. The second-order valence-corrected chi connectivity index (χ2v) is 8.73. The van der Waals surface area contributed by atoms with Gasteiger partial charge in [0.1, 0.15) is 11.8 Å². The van der Waals surface area contributed by atoms with Gasteiger partial charge in [-0.05, 0) is 66.1 Å². The molecule has 0 saturated heterocycles. The number of amides is 1. The van der Waals surface area contributed by atoms with Crippen molar-refractivity contribution in [3.05, 3.63) is 101 Å². The Labute approximate surface area is 203 Å². The second kappa shape index (κ2) is 11.0. The summed E-state index contributed by atoms with van der Waals surface area (Å²) >= 11 is 0. The van der Waals surface area contributed by atoms with Crippen LogP contribution in [-0.2, 0) is 23.8 Å². The molecule has 0 saturated carbocycles. The van der Waals surface area contributed by atoms with Gasteiger partial charge in [-0.1, -0.05) is 54.6 Å². The van der Waals surface area contributed by atoms with Crippen molar-refractivity contribution in [1.82, 2.24) is 10.6 Å². The van der Waals surface area contributed by atoms with Crippen LogP contribution in [0.2, 0.25) is 0 Å². The van der Waals surface area contributed by atoms with Gasteiger partial charge >= 0.3 is 6.18 Å². The first kappa shape index (κ1) is 24.8. The van der Waals surface area contributed by atoms with E-state index in [1.807, 2.05) is 42.5 Å². The average Bonchev–Trinajstić information content (AvgIpc) is 2.88. The first-order valence-electron chi connectivity index (χ1n) is 11.8. The van der Waals surface area contributed by atoms with Gasteiger partial charge in [0.15, 0.2) is 0 Å². The monoisotopic (exact) mass is 482 g/mol. The maximum Gasteiger partial charge on any atom is 0.416 e. The largest absolute Gasteiger partial charge is 0.493 e. The minimum Gasteiger partial charge on any atom is -0.493 e. The lowest BCUT2D eigenvalue weighted by molar-refractivity contribution is -0.137. The predicted molar refractivity (Wildman–Crippen MR) is 129 cm³/mol. The normalized spacial score (nSPS) is 15.0. The summed E-state index contributed by atoms with van der Waals surface area (Å²) in [6, 6.07) is 20.1. The van der Waals surface area contributed by atoms with Gasteiger partial charge in [0.2, 0.25) is 5.91 Å². The van der Waals surface area contributed by atoms with Crippen LogP contribution in [0.5, 0.6) is 5.75 Å². The zero-order valence-electron chi connectivity index (χ0n) is 19.6. The van der Waals surface area contributed by atoms with Gasteiger partial charge in [-0.2, -0.15) is 13.2 Å². The maximum atomic E-state index is 12.9. The molecule has 1 heterocycles. The fourth-order valence-electron chi connectivity index (χ4n) is 4.43. The number of hydrogen-bond donors (Lipinski definition) is 2. The standard InChI is InChI=1S/C28H29F3N2O2/c1-32-27(34)26(20-6-3-2-4-7-20)33-24(21-12-16-25-22(18-21)8-5-17-35-25)15-11-19-9-13-23(14-10-19)28(29,30)31/h2-4,6-7,9-10,12-14,16,18,24,26,33H,5,8,11,15,17H2,1H3,(H,32,34). The first-order chi connectivity index (χ1) is 16.8. The van der Waals surface area contributed by atoms with E-state index in [2.05, 4.69) is 16.7 Å².